The summed E-state index contributed by atoms with van der Waals surface area (Å²) < 4.78 is 17.5. The lowest BCUT2D eigenvalue weighted by molar-refractivity contribution is -0.165. The van der Waals surface area contributed by atoms with E-state index in [-0.39, 0.29) is 30.2 Å². The highest BCUT2D eigenvalue weighted by Crippen LogP contribution is 2.59. The first-order chi connectivity index (χ1) is 9.90. The van der Waals surface area contributed by atoms with Crippen LogP contribution in [0, 0.1) is 23.7 Å². The quantitative estimate of drug-likeness (QED) is 0.590. The fourth-order valence-electron chi connectivity index (χ4n) is 4.30. The Morgan fingerprint density at radius 1 is 1.29 bits per heavy atom. The van der Waals surface area contributed by atoms with Gasteiger partial charge < -0.3 is 14.2 Å². The summed E-state index contributed by atoms with van der Waals surface area (Å²) in [4.78, 5) is 11.9. The molecule has 0 spiro atoms. The largest absolute Gasteiger partial charge is 0.498 e. The van der Waals surface area contributed by atoms with E-state index in [1.807, 2.05) is 13.8 Å². The topological polar surface area (TPSA) is 44.8 Å². The van der Waals surface area contributed by atoms with E-state index < -0.39 is 0 Å². The van der Waals surface area contributed by atoms with Crippen molar-refractivity contribution in [3.8, 4) is 0 Å². The summed E-state index contributed by atoms with van der Waals surface area (Å²) in [5, 5.41) is 0. The highest BCUT2D eigenvalue weighted by molar-refractivity contribution is 5.87. The van der Waals surface area contributed by atoms with Crippen molar-refractivity contribution >= 4 is 5.97 Å². The van der Waals surface area contributed by atoms with Gasteiger partial charge >= 0.3 is 5.97 Å². The van der Waals surface area contributed by atoms with Crippen LogP contribution in [0.5, 0.6) is 0 Å². The molecule has 6 unspecified atom stereocenters. The fraction of sp³-hybridized carbons (Fsp3) is 0.706. The van der Waals surface area contributed by atoms with Gasteiger partial charge in [-0.3, -0.25) is 0 Å². The van der Waals surface area contributed by atoms with Gasteiger partial charge in [-0.2, -0.15) is 0 Å². The molecule has 21 heavy (non-hydrogen) atoms. The van der Waals surface area contributed by atoms with Crippen molar-refractivity contribution < 1.29 is 19.0 Å². The standard InChI is InChI=1S/C17H24O4/c1-8(2)17(18)21-16-12-6-11(15(16)20-9(3)4)13-7-19-10(5)14(12)13/h9,11-16H,1,5-7H2,2-4H3. The molecule has 2 aliphatic carbocycles. The minimum Gasteiger partial charge on any atom is -0.498 e. The number of esters is 1. The zero-order chi connectivity index (χ0) is 15.3. The second-order valence-corrected chi connectivity index (χ2v) is 6.83. The molecule has 0 aromatic rings. The number of hydrogen-bond donors (Lipinski definition) is 0. The molecule has 3 aliphatic rings. The highest BCUT2D eigenvalue weighted by atomic mass is 16.6. The summed E-state index contributed by atoms with van der Waals surface area (Å²) in [6.45, 7) is 14.1. The van der Waals surface area contributed by atoms with Crippen LogP contribution in [0.15, 0.2) is 24.5 Å². The van der Waals surface area contributed by atoms with Crippen molar-refractivity contribution in [1.29, 1.82) is 0 Å². The predicted octanol–water partition coefficient (Wildman–Crippen LogP) is 2.69. The van der Waals surface area contributed by atoms with Gasteiger partial charge in [-0.15, -0.1) is 0 Å². The lowest BCUT2D eigenvalue weighted by Gasteiger charge is -2.37. The van der Waals surface area contributed by atoms with Gasteiger partial charge in [0.25, 0.3) is 0 Å². The average molecular weight is 292 g/mol. The Hall–Kier alpha value is -1.29. The van der Waals surface area contributed by atoms with Gasteiger partial charge in [-0.25, -0.2) is 4.79 Å². The molecule has 2 saturated carbocycles. The first-order valence-electron chi connectivity index (χ1n) is 7.73. The van der Waals surface area contributed by atoms with Gasteiger partial charge in [-0.05, 0) is 33.1 Å². The molecule has 0 amide bonds. The van der Waals surface area contributed by atoms with E-state index in [4.69, 9.17) is 14.2 Å². The normalized spacial score (nSPS) is 40.3. The second kappa shape index (κ2) is 5.16. The molecular formula is C17H24O4. The summed E-state index contributed by atoms with van der Waals surface area (Å²) in [7, 11) is 0. The van der Waals surface area contributed by atoms with Crippen LogP contribution in [0.2, 0.25) is 0 Å². The number of carbonyl (C=O) groups is 1. The van der Waals surface area contributed by atoms with Crippen molar-refractivity contribution in [2.45, 2.75) is 45.5 Å². The van der Waals surface area contributed by atoms with Crippen LogP contribution < -0.4 is 0 Å². The molecule has 1 aliphatic heterocycles. The van der Waals surface area contributed by atoms with Gasteiger partial charge in [-0.1, -0.05) is 13.2 Å². The fourth-order valence-corrected chi connectivity index (χ4v) is 4.30. The van der Waals surface area contributed by atoms with Crippen LogP contribution in [0.3, 0.4) is 0 Å². The molecule has 0 N–H and O–H groups in total. The Balaban J connectivity index is 1.83. The van der Waals surface area contributed by atoms with Gasteiger partial charge in [0.2, 0.25) is 0 Å². The first-order valence-corrected chi connectivity index (χ1v) is 7.73. The molecular weight excluding hydrogens is 268 g/mol. The van der Waals surface area contributed by atoms with Gasteiger partial charge in [0.1, 0.15) is 6.10 Å². The van der Waals surface area contributed by atoms with Crippen LogP contribution in [-0.4, -0.2) is 30.9 Å². The van der Waals surface area contributed by atoms with Gasteiger partial charge in [0, 0.05) is 23.3 Å². The summed E-state index contributed by atoms with van der Waals surface area (Å²) >= 11 is 0. The van der Waals surface area contributed by atoms with Crippen molar-refractivity contribution in [2.75, 3.05) is 6.61 Å². The summed E-state index contributed by atoms with van der Waals surface area (Å²) in [5.74, 6) is 1.96. The van der Waals surface area contributed by atoms with E-state index in [0.717, 1.165) is 18.8 Å². The van der Waals surface area contributed by atoms with E-state index in [1.165, 1.54) is 0 Å². The number of carbonyl (C=O) groups excluding carboxylic acids is 1. The summed E-state index contributed by atoms with van der Waals surface area (Å²) in [6, 6.07) is 0. The van der Waals surface area contributed by atoms with E-state index in [9.17, 15) is 4.79 Å². The van der Waals surface area contributed by atoms with E-state index in [2.05, 4.69) is 13.2 Å². The minimum atomic E-state index is -0.328. The molecule has 3 rings (SSSR count). The number of fused-ring (bicyclic) bond motifs is 5. The third-order valence-corrected chi connectivity index (χ3v) is 5.04. The molecule has 0 aromatic heterocycles. The first kappa shape index (κ1) is 14.6. The van der Waals surface area contributed by atoms with Crippen LogP contribution in [0.4, 0.5) is 0 Å². The van der Waals surface area contributed by atoms with Crippen molar-refractivity contribution in [3.63, 3.8) is 0 Å². The van der Waals surface area contributed by atoms with Crippen LogP contribution in [-0.2, 0) is 19.0 Å². The van der Waals surface area contributed by atoms with Crippen molar-refractivity contribution in [2.24, 2.45) is 23.7 Å². The molecule has 6 atom stereocenters. The molecule has 116 valence electrons. The molecule has 3 fully saturated rings. The number of hydrogen-bond acceptors (Lipinski definition) is 4. The Morgan fingerprint density at radius 3 is 2.62 bits per heavy atom. The van der Waals surface area contributed by atoms with Crippen molar-refractivity contribution in [3.05, 3.63) is 24.5 Å². The zero-order valence-corrected chi connectivity index (χ0v) is 13.0. The molecule has 4 nitrogen and oxygen atoms in total. The van der Waals surface area contributed by atoms with Crippen LogP contribution in [0.25, 0.3) is 0 Å². The maximum atomic E-state index is 11.9. The average Bonchev–Trinajstić information content (AvgIpc) is 3.03. The SMILES string of the molecule is C=C(C)C(=O)OC1C2CC(C3COC(=C)C32)C1OC(C)C. The zero-order valence-electron chi connectivity index (χ0n) is 13.0. The summed E-state index contributed by atoms with van der Waals surface area (Å²) in [6.07, 6.45) is 0.906. The Bertz CT molecular complexity index is 481. The number of allylic oxidation sites excluding steroid dienone is 1. The molecule has 4 heteroatoms. The van der Waals surface area contributed by atoms with E-state index >= 15 is 0 Å². The predicted molar refractivity (Wildman–Crippen MR) is 78.4 cm³/mol. The van der Waals surface area contributed by atoms with Crippen molar-refractivity contribution in [1.82, 2.24) is 0 Å². The van der Waals surface area contributed by atoms with Crippen LogP contribution in [0.1, 0.15) is 27.2 Å². The molecule has 0 aromatic carbocycles. The van der Waals surface area contributed by atoms with E-state index in [1.54, 1.807) is 6.92 Å². The second-order valence-electron chi connectivity index (χ2n) is 6.83. The maximum Gasteiger partial charge on any atom is 0.333 e. The molecule has 2 bridgehead atoms. The molecule has 0 radical (unpaired) electrons. The Labute approximate surface area is 126 Å². The monoisotopic (exact) mass is 292 g/mol. The summed E-state index contributed by atoms with van der Waals surface area (Å²) in [5.41, 5.74) is 0.430. The third-order valence-electron chi connectivity index (χ3n) is 5.04. The molecule has 1 heterocycles. The third kappa shape index (κ3) is 2.30. The smallest absolute Gasteiger partial charge is 0.333 e. The Morgan fingerprint density at radius 2 is 2.00 bits per heavy atom. The maximum absolute atomic E-state index is 11.9. The van der Waals surface area contributed by atoms with E-state index in [0.29, 0.717) is 23.3 Å². The van der Waals surface area contributed by atoms with Gasteiger partial charge in [0.15, 0.2) is 0 Å². The number of rotatable bonds is 4. The minimum absolute atomic E-state index is 0.0333. The van der Waals surface area contributed by atoms with Crippen LogP contribution >= 0.6 is 0 Å². The molecule has 1 saturated heterocycles. The number of ether oxygens (including phenoxy) is 3. The highest BCUT2D eigenvalue weighted by Gasteiger charge is 2.63. The lowest BCUT2D eigenvalue weighted by Crippen LogP contribution is -2.46. The van der Waals surface area contributed by atoms with Gasteiger partial charge in [0.05, 0.1) is 24.6 Å². The Kier molecular flexibility index (Phi) is 3.60. The lowest BCUT2D eigenvalue weighted by atomic mass is 9.77.